The number of anilines is 1. The smallest absolute Gasteiger partial charge is 0.341 e. The van der Waals surface area contributed by atoms with Gasteiger partial charge in [-0.1, -0.05) is 13.8 Å². The number of nitro benzene ring substituents is 1. The number of amides is 1. The third-order valence-corrected chi connectivity index (χ3v) is 6.47. The summed E-state index contributed by atoms with van der Waals surface area (Å²) >= 11 is 0. The number of aliphatic hydroxyl groups is 1. The first kappa shape index (κ1) is 24.5. The minimum atomic E-state index is -3.21. The van der Waals surface area contributed by atoms with Gasteiger partial charge in [0.1, 0.15) is 0 Å². The predicted octanol–water partition coefficient (Wildman–Crippen LogP) is 0.828. The molecule has 1 aliphatic rings. The number of sulfone groups is 1. The summed E-state index contributed by atoms with van der Waals surface area (Å²) in [4.78, 5) is 37.1. The molecule has 1 atom stereocenters. The Bertz CT molecular complexity index is 932. The van der Waals surface area contributed by atoms with Crippen LogP contribution in [0, 0.1) is 16.0 Å². The number of carbonyl (C=O) groups is 2. The molecular weight excluding hydrogens is 430 g/mol. The SMILES string of the molecule is CC(C)CN(C(=O)COC(=O)c1cc([N+](=O)[O-])ccc1NCCO)C1CCS(=O)(=O)C1. The molecule has 0 aliphatic carbocycles. The van der Waals surface area contributed by atoms with E-state index in [1.54, 1.807) is 0 Å². The van der Waals surface area contributed by atoms with Crippen molar-refractivity contribution in [2.45, 2.75) is 26.3 Å². The Hall–Kier alpha value is -2.73. The lowest BCUT2D eigenvalue weighted by Crippen LogP contribution is -2.45. The van der Waals surface area contributed by atoms with Crippen LogP contribution in [-0.2, 0) is 19.4 Å². The van der Waals surface area contributed by atoms with E-state index in [0.29, 0.717) is 13.0 Å². The van der Waals surface area contributed by atoms with Crippen molar-refractivity contribution in [1.29, 1.82) is 0 Å². The summed E-state index contributed by atoms with van der Waals surface area (Å²) in [5, 5.41) is 22.8. The van der Waals surface area contributed by atoms with Crippen LogP contribution in [0.25, 0.3) is 0 Å². The molecule has 1 unspecified atom stereocenters. The fraction of sp³-hybridized carbons (Fsp3) is 0.579. The highest BCUT2D eigenvalue weighted by atomic mass is 32.2. The molecule has 1 amide bonds. The third kappa shape index (κ3) is 6.89. The number of nitrogens with zero attached hydrogens (tertiary/aromatic N) is 2. The Labute approximate surface area is 180 Å². The van der Waals surface area contributed by atoms with Gasteiger partial charge in [-0.15, -0.1) is 0 Å². The number of benzene rings is 1. The van der Waals surface area contributed by atoms with E-state index >= 15 is 0 Å². The van der Waals surface area contributed by atoms with Crippen LogP contribution in [-0.4, -0.2) is 79.1 Å². The van der Waals surface area contributed by atoms with Crippen molar-refractivity contribution in [3.63, 3.8) is 0 Å². The molecule has 0 spiro atoms. The first-order valence-electron chi connectivity index (χ1n) is 9.84. The molecule has 1 aromatic rings. The molecule has 11 nitrogen and oxygen atoms in total. The van der Waals surface area contributed by atoms with Crippen molar-refractivity contribution >= 4 is 33.1 Å². The van der Waals surface area contributed by atoms with Crippen molar-refractivity contribution in [2.75, 3.05) is 43.1 Å². The second-order valence-electron chi connectivity index (χ2n) is 7.71. The first-order chi connectivity index (χ1) is 14.5. The van der Waals surface area contributed by atoms with Crippen LogP contribution in [0.1, 0.15) is 30.6 Å². The van der Waals surface area contributed by atoms with Gasteiger partial charge in [-0.3, -0.25) is 14.9 Å². The van der Waals surface area contributed by atoms with Gasteiger partial charge in [0.05, 0.1) is 28.6 Å². The molecule has 2 rings (SSSR count). The van der Waals surface area contributed by atoms with Gasteiger partial charge in [-0.05, 0) is 18.4 Å². The number of nitrogens with one attached hydrogen (secondary N) is 1. The van der Waals surface area contributed by atoms with Crippen LogP contribution < -0.4 is 5.32 Å². The second-order valence-corrected chi connectivity index (χ2v) is 9.94. The van der Waals surface area contributed by atoms with E-state index in [4.69, 9.17) is 9.84 Å². The van der Waals surface area contributed by atoms with Gasteiger partial charge < -0.3 is 20.1 Å². The predicted molar refractivity (Wildman–Crippen MR) is 113 cm³/mol. The fourth-order valence-corrected chi connectivity index (χ4v) is 5.05. The number of ether oxygens (including phenoxy) is 1. The number of hydrogen-bond acceptors (Lipinski definition) is 9. The number of esters is 1. The molecule has 1 saturated heterocycles. The highest BCUT2D eigenvalue weighted by Crippen LogP contribution is 2.24. The summed E-state index contributed by atoms with van der Waals surface area (Å²) in [6, 6.07) is 3.08. The Morgan fingerprint density at radius 3 is 2.65 bits per heavy atom. The molecule has 172 valence electrons. The average molecular weight is 458 g/mol. The average Bonchev–Trinajstić information content (AvgIpc) is 3.07. The maximum absolute atomic E-state index is 12.7. The first-order valence-corrected chi connectivity index (χ1v) is 11.7. The van der Waals surface area contributed by atoms with E-state index in [0.717, 1.165) is 6.07 Å². The van der Waals surface area contributed by atoms with Gasteiger partial charge in [-0.2, -0.15) is 0 Å². The van der Waals surface area contributed by atoms with Crippen LogP contribution in [0.4, 0.5) is 11.4 Å². The summed E-state index contributed by atoms with van der Waals surface area (Å²) < 4.78 is 28.7. The van der Waals surface area contributed by atoms with E-state index in [-0.39, 0.29) is 47.5 Å². The van der Waals surface area contributed by atoms with Gasteiger partial charge in [0.15, 0.2) is 16.4 Å². The Morgan fingerprint density at radius 2 is 2.10 bits per heavy atom. The van der Waals surface area contributed by atoms with E-state index in [2.05, 4.69) is 5.32 Å². The Balaban J connectivity index is 2.14. The van der Waals surface area contributed by atoms with Crippen molar-refractivity contribution in [3.05, 3.63) is 33.9 Å². The number of aliphatic hydroxyl groups excluding tert-OH is 1. The standard InChI is InChI=1S/C19H27N3O8S/c1-13(2)10-21(15-5-8-31(28,29)12-15)18(24)11-30-19(25)16-9-14(22(26)27)3-4-17(16)20-6-7-23/h3-4,9,13,15,20,23H,5-8,10-12H2,1-2H3. The zero-order valence-electron chi connectivity index (χ0n) is 17.4. The van der Waals surface area contributed by atoms with Crippen molar-refractivity contribution in [1.82, 2.24) is 4.90 Å². The lowest BCUT2D eigenvalue weighted by Gasteiger charge is -2.29. The van der Waals surface area contributed by atoms with Crippen molar-refractivity contribution in [2.24, 2.45) is 5.92 Å². The van der Waals surface area contributed by atoms with Gasteiger partial charge in [0.25, 0.3) is 11.6 Å². The van der Waals surface area contributed by atoms with E-state index < -0.39 is 39.3 Å². The van der Waals surface area contributed by atoms with Gasteiger partial charge in [0.2, 0.25) is 0 Å². The second kappa shape index (κ2) is 10.5. The highest BCUT2D eigenvalue weighted by molar-refractivity contribution is 7.91. The number of rotatable bonds is 10. The number of non-ortho nitro benzene ring substituents is 1. The van der Waals surface area contributed by atoms with Crippen molar-refractivity contribution < 1.29 is 32.8 Å². The molecule has 1 aromatic carbocycles. The zero-order valence-corrected chi connectivity index (χ0v) is 18.3. The van der Waals surface area contributed by atoms with Gasteiger partial charge in [0, 0.05) is 37.0 Å². The topological polar surface area (TPSA) is 156 Å². The quantitative estimate of drug-likeness (QED) is 0.295. The molecule has 0 bridgehead atoms. The highest BCUT2D eigenvalue weighted by Gasteiger charge is 2.35. The molecule has 0 saturated carbocycles. The summed E-state index contributed by atoms with van der Waals surface area (Å²) in [7, 11) is -3.21. The van der Waals surface area contributed by atoms with Crippen LogP contribution in [0.15, 0.2) is 18.2 Å². The van der Waals surface area contributed by atoms with Crippen LogP contribution >= 0.6 is 0 Å². The Morgan fingerprint density at radius 1 is 1.39 bits per heavy atom. The third-order valence-electron chi connectivity index (χ3n) is 4.72. The number of carbonyl (C=O) groups excluding carboxylic acids is 2. The molecule has 2 N–H and O–H groups in total. The monoisotopic (exact) mass is 457 g/mol. The molecule has 0 radical (unpaired) electrons. The molecule has 12 heteroatoms. The Kier molecular flexibility index (Phi) is 8.34. The van der Waals surface area contributed by atoms with E-state index in [1.807, 2.05) is 13.8 Å². The van der Waals surface area contributed by atoms with Gasteiger partial charge >= 0.3 is 5.97 Å². The molecule has 1 fully saturated rings. The van der Waals surface area contributed by atoms with Crippen LogP contribution in [0.2, 0.25) is 0 Å². The number of hydrogen-bond donors (Lipinski definition) is 2. The van der Waals surface area contributed by atoms with Gasteiger partial charge in [-0.25, -0.2) is 13.2 Å². The fourth-order valence-electron chi connectivity index (χ4n) is 3.32. The molecule has 0 aromatic heterocycles. The lowest BCUT2D eigenvalue weighted by atomic mass is 10.1. The normalized spacial score (nSPS) is 17.4. The summed E-state index contributed by atoms with van der Waals surface area (Å²) in [5.74, 6) is -1.51. The molecular formula is C19H27N3O8S. The van der Waals surface area contributed by atoms with Crippen LogP contribution in [0.5, 0.6) is 0 Å². The van der Waals surface area contributed by atoms with Crippen molar-refractivity contribution in [3.8, 4) is 0 Å². The zero-order chi connectivity index (χ0) is 23.2. The number of nitro groups is 1. The van der Waals surface area contributed by atoms with E-state index in [9.17, 15) is 28.1 Å². The summed E-state index contributed by atoms with van der Waals surface area (Å²) in [5.41, 5.74) is -0.252. The minimum Gasteiger partial charge on any atom is -0.452 e. The minimum absolute atomic E-state index is 0.00684. The lowest BCUT2D eigenvalue weighted by molar-refractivity contribution is -0.384. The molecule has 1 aliphatic heterocycles. The maximum Gasteiger partial charge on any atom is 0.341 e. The largest absolute Gasteiger partial charge is 0.452 e. The molecule has 1 heterocycles. The van der Waals surface area contributed by atoms with Crippen LogP contribution in [0.3, 0.4) is 0 Å². The summed E-state index contributed by atoms with van der Waals surface area (Å²) in [6.07, 6.45) is 0.328. The molecule has 31 heavy (non-hydrogen) atoms. The maximum atomic E-state index is 12.7. The summed E-state index contributed by atoms with van der Waals surface area (Å²) in [6.45, 7) is 3.35. The van der Waals surface area contributed by atoms with E-state index in [1.165, 1.54) is 17.0 Å².